The molecule has 0 saturated carbocycles. The van der Waals surface area contributed by atoms with Gasteiger partial charge in [-0.2, -0.15) is 4.68 Å². The molecule has 34 heavy (non-hydrogen) atoms. The third kappa shape index (κ3) is 4.46. The number of amides is 1. The molecule has 2 heterocycles. The van der Waals surface area contributed by atoms with Crippen molar-refractivity contribution in [1.29, 1.82) is 0 Å². The summed E-state index contributed by atoms with van der Waals surface area (Å²) in [6, 6.07) is 11.0. The second-order valence-electron chi connectivity index (χ2n) is 8.20. The molecule has 4 rings (SSSR count). The van der Waals surface area contributed by atoms with E-state index in [0.717, 1.165) is 28.8 Å². The molecular formula is C25H30N6O3. The van der Waals surface area contributed by atoms with Crippen molar-refractivity contribution in [3.63, 3.8) is 0 Å². The van der Waals surface area contributed by atoms with Gasteiger partial charge in [-0.25, -0.2) is 0 Å². The Balaban J connectivity index is 1.76. The Morgan fingerprint density at radius 3 is 2.71 bits per heavy atom. The smallest absolute Gasteiger partial charge is 0.255 e. The van der Waals surface area contributed by atoms with Gasteiger partial charge >= 0.3 is 0 Å². The van der Waals surface area contributed by atoms with Gasteiger partial charge in [0, 0.05) is 11.4 Å². The summed E-state index contributed by atoms with van der Waals surface area (Å²) in [4.78, 5) is 13.6. The van der Waals surface area contributed by atoms with Crippen molar-refractivity contribution in [2.45, 2.75) is 47.1 Å². The topological polar surface area (TPSA) is 103 Å². The highest BCUT2D eigenvalue weighted by molar-refractivity contribution is 6.06. The van der Waals surface area contributed by atoms with E-state index in [4.69, 9.17) is 9.47 Å². The van der Waals surface area contributed by atoms with Gasteiger partial charge in [-0.15, -0.1) is 0 Å². The van der Waals surface area contributed by atoms with Gasteiger partial charge in [0.15, 0.2) is 11.5 Å². The summed E-state index contributed by atoms with van der Waals surface area (Å²) in [6.45, 7) is 10.9. The van der Waals surface area contributed by atoms with E-state index in [2.05, 4.69) is 33.1 Å². The number of rotatable bonds is 8. The maximum atomic E-state index is 13.6. The normalized spacial score (nSPS) is 14.9. The lowest BCUT2D eigenvalue weighted by molar-refractivity contribution is -0.113. The van der Waals surface area contributed by atoms with E-state index in [-0.39, 0.29) is 5.91 Å². The molecule has 0 saturated heterocycles. The van der Waals surface area contributed by atoms with Crippen LogP contribution >= 0.6 is 0 Å². The number of tetrazole rings is 1. The molecule has 9 nitrogen and oxygen atoms in total. The molecule has 1 aromatic heterocycles. The highest BCUT2D eigenvalue weighted by atomic mass is 16.5. The zero-order valence-electron chi connectivity index (χ0n) is 20.2. The van der Waals surface area contributed by atoms with Crippen LogP contribution in [0.4, 0.5) is 11.6 Å². The SMILES string of the molecule is CCCOc1ccc(C2C(C(=O)Nc3cccc(C)c3C)=C(C)Nc3nnnn32)cc1OCC. The van der Waals surface area contributed by atoms with Crippen molar-refractivity contribution in [3.8, 4) is 11.5 Å². The molecule has 0 aliphatic carbocycles. The summed E-state index contributed by atoms with van der Waals surface area (Å²) in [5.74, 6) is 1.53. The largest absolute Gasteiger partial charge is 0.490 e. The Labute approximate surface area is 199 Å². The first-order valence-electron chi connectivity index (χ1n) is 11.5. The summed E-state index contributed by atoms with van der Waals surface area (Å²) in [7, 11) is 0. The highest BCUT2D eigenvalue weighted by Crippen LogP contribution is 2.39. The molecule has 2 N–H and O–H groups in total. The van der Waals surface area contributed by atoms with Crippen LogP contribution in [0.5, 0.6) is 11.5 Å². The lowest BCUT2D eigenvalue weighted by Gasteiger charge is -2.28. The number of carbonyl (C=O) groups excluding carboxylic acids is 1. The fraction of sp³-hybridized carbons (Fsp3) is 0.360. The van der Waals surface area contributed by atoms with Gasteiger partial charge in [0.05, 0.1) is 18.8 Å². The summed E-state index contributed by atoms with van der Waals surface area (Å²) in [5, 5.41) is 18.3. The molecule has 0 fully saturated rings. The Kier molecular flexibility index (Phi) is 6.81. The molecule has 9 heteroatoms. The van der Waals surface area contributed by atoms with E-state index in [1.165, 1.54) is 0 Å². The van der Waals surface area contributed by atoms with Crippen LogP contribution in [0.2, 0.25) is 0 Å². The lowest BCUT2D eigenvalue weighted by atomic mass is 9.94. The van der Waals surface area contributed by atoms with Gasteiger partial charge in [-0.1, -0.05) is 30.2 Å². The second-order valence-corrected chi connectivity index (χ2v) is 8.20. The maximum Gasteiger partial charge on any atom is 0.255 e. The number of fused-ring (bicyclic) bond motifs is 1. The predicted octanol–water partition coefficient (Wildman–Crippen LogP) is 4.41. The average Bonchev–Trinajstić information content (AvgIpc) is 3.28. The molecule has 0 radical (unpaired) electrons. The first-order valence-corrected chi connectivity index (χ1v) is 11.5. The first-order chi connectivity index (χ1) is 16.4. The molecule has 1 atom stereocenters. The summed E-state index contributed by atoms with van der Waals surface area (Å²) >= 11 is 0. The minimum absolute atomic E-state index is 0.228. The van der Waals surface area contributed by atoms with Gasteiger partial charge in [0.25, 0.3) is 5.91 Å². The van der Waals surface area contributed by atoms with E-state index in [1.807, 2.05) is 64.1 Å². The van der Waals surface area contributed by atoms with E-state index < -0.39 is 6.04 Å². The number of carbonyl (C=O) groups is 1. The van der Waals surface area contributed by atoms with Crippen LogP contribution in [-0.2, 0) is 4.79 Å². The fourth-order valence-corrected chi connectivity index (χ4v) is 3.99. The average molecular weight is 463 g/mol. The fourth-order valence-electron chi connectivity index (χ4n) is 3.99. The number of benzene rings is 2. The number of hydrogen-bond acceptors (Lipinski definition) is 7. The summed E-state index contributed by atoms with van der Waals surface area (Å²) < 4.78 is 13.3. The standard InChI is InChI=1S/C25H30N6O3/c1-6-13-34-20-12-11-18(14-21(20)33-7-2)23-22(17(5)26-25-28-29-30-31(23)25)24(32)27-19-10-8-9-15(3)16(19)4/h8-12,14,23H,6-7,13H2,1-5H3,(H,27,32)(H,26,28,30). The number of allylic oxidation sites excluding steroid dienone is 1. The van der Waals surface area contributed by atoms with Crippen LogP contribution in [0.3, 0.4) is 0 Å². The monoisotopic (exact) mass is 462 g/mol. The van der Waals surface area contributed by atoms with Crippen LogP contribution < -0.4 is 20.1 Å². The Bertz CT molecular complexity index is 1230. The van der Waals surface area contributed by atoms with Gasteiger partial charge in [-0.3, -0.25) is 4.79 Å². The number of aromatic nitrogens is 4. The Morgan fingerprint density at radius 1 is 1.12 bits per heavy atom. The molecule has 1 aliphatic rings. The van der Waals surface area contributed by atoms with Crippen LogP contribution in [-0.4, -0.2) is 39.3 Å². The van der Waals surface area contributed by atoms with E-state index in [1.54, 1.807) is 4.68 Å². The first kappa shape index (κ1) is 23.3. The van der Waals surface area contributed by atoms with E-state index in [9.17, 15) is 4.79 Å². The quantitative estimate of drug-likeness (QED) is 0.511. The third-order valence-corrected chi connectivity index (χ3v) is 5.86. The van der Waals surface area contributed by atoms with Crippen LogP contribution in [0, 0.1) is 13.8 Å². The Morgan fingerprint density at radius 2 is 1.94 bits per heavy atom. The highest BCUT2D eigenvalue weighted by Gasteiger charge is 2.34. The maximum absolute atomic E-state index is 13.6. The number of nitrogens with zero attached hydrogens (tertiary/aromatic N) is 4. The zero-order chi connectivity index (χ0) is 24.2. The lowest BCUT2D eigenvalue weighted by Crippen LogP contribution is -2.31. The van der Waals surface area contributed by atoms with E-state index in [0.29, 0.717) is 41.9 Å². The summed E-state index contributed by atoms with van der Waals surface area (Å²) in [6.07, 6.45) is 0.889. The van der Waals surface area contributed by atoms with Gasteiger partial charge < -0.3 is 20.1 Å². The van der Waals surface area contributed by atoms with Gasteiger partial charge in [-0.05, 0) is 79.4 Å². The molecular weight excluding hydrogens is 432 g/mol. The molecule has 178 valence electrons. The number of nitrogens with one attached hydrogen (secondary N) is 2. The van der Waals surface area contributed by atoms with Crippen molar-refractivity contribution in [1.82, 2.24) is 20.2 Å². The van der Waals surface area contributed by atoms with Crippen LogP contribution in [0.1, 0.15) is 49.9 Å². The number of hydrogen-bond donors (Lipinski definition) is 2. The Hall–Kier alpha value is -3.88. The van der Waals surface area contributed by atoms with Crippen LogP contribution in [0.15, 0.2) is 47.7 Å². The molecule has 1 unspecified atom stereocenters. The summed E-state index contributed by atoms with van der Waals surface area (Å²) in [5.41, 5.74) is 4.91. The minimum Gasteiger partial charge on any atom is -0.490 e. The minimum atomic E-state index is -0.546. The molecule has 3 aromatic rings. The predicted molar refractivity (Wildman–Crippen MR) is 130 cm³/mol. The van der Waals surface area contributed by atoms with Crippen molar-refractivity contribution in [3.05, 3.63) is 64.4 Å². The number of anilines is 2. The molecule has 0 bridgehead atoms. The van der Waals surface area contributed by atoms with Gasteiger partial charge in [0.1, 0.15) is 6.04 Å². The van der Waals surface area contributed by atoms with Crippen molar-refractivity contribution >= 4 is 17.5 Å². The number of aryl methyl sites for hydroxylation is 1. The van der Waals surface area contributed by atoms with Gasteiger partial charge in [0.2, 0.25) is 5.95 Å². The second kappa shape index (κ2) is 9.94. The van der Waals surface area contributed by atoms with E-state index >= 15 is 0 Å². The zero-order valence-corrected chi connectivity index (χ0v) is 20.2. The molecule has 2 aromatic carbocycles. The molecule has 1 aliphatic heterocycles. The van der Waals surface area contributed by atoms with Crippen molar-refractivity contribution in [2.75, 3.05) is 23.8 Å². The third-order valence-electron chi connectivity index (χ3n) is 5.86. The van der Waals surface area contributed by atoms with Crippen molar-refractivity contribution < 1.29 is 14.3 Å². The number of ether oxygens (including phenoxy) is 2. The van der Waals surface area contributed by atoms with Crippen molar-refractivity contribution in [2.24, 2.45) is 0 Å². The molecule has 0 spiro atoms. The molecule has 1 amide bonds. The van der Waals surface area contributed by atoms with Crippen LogP contribution in [0.25, 0.3) is 0 Å².